The summed E-state index contributed by atoms with van der Waals surface area (Å²) in [5.74, 6) is 0.0816. The van der Waals surface area contributed by atoms with Gasteiger partial charge in [0.1, 0.15) is 0 Å². The Morgan fingerprint density at radius 2 is 1.63 bits per heavy atom. The molecule has 1 aliphatic heterocycles. The fourth-order valence-corrected chi connectivity index (χ4v) is 4.79. The number of thiophene rings is 1. The number of hydrogen-bond acceptors (Lipinski definition) is 4. The van der Waals surface area contributed by atoms with Gasteiger partial charge in [0.05, 0.1) is 12.5 Å². The molecule has 0 aliphatic carbocycles. The maximum atomic E-state index is 12.6. The molecule has 1 amide bonds. The number of piperazine rings is 1. The Morgan fingerprint density at radius 3 is 2.30 bits per heavy atom. The lowest BCUT2D eigenvalue weighted by atomic mass is 10.0. The standard InChI is InChI=1S/C25H29N3OS/c1-27-13-15-28(16-14-27)23(24-8-5-17-30-24)19-26-25(29)18-20-9-11-22(12-10-20)21-6-3-2-4-7-21/h2-12,17,23H,13-16,18-19H2,1H3,(H,26,29). The van der Waals surface area contributed by atoms with Gasteiger partial charge >= 0.3 is 0 Å². The molecule has 156 valence electrons. The second kappa shape index (κ2) is 10.0. The molecule has 2 aromatic carbocycles. The van der Waals surface area contributed by atoms with E-state index in [9.17, 15) is 4.79 Å². The second-order valence-corrected chi connectivity index (χ2v) is 8.89. The third-order valence-corrected chi connectivity index (χ3v) is 6.74. The highest BCUT2D eigenvalue weighted by Gasteiger charge is 2.25. The molecule has 3 aromatic rings. The molecular weight excluding hydrogens is 390 g/mol. The highest BCUT2D eigenvalue weighted by molar-refractivity contribution is 7.10. The molecule has 0 spiro atoms. The largest absolute Gasteiger partial charge is 0.354 e. The van der Waals surface area contributed by atoms with Crippen molar-refractivity contribution < 1.29 is 4.79 Å². The minimum absolute atomic E-state index is 0.0816. The molecule has 30 heavy (non-hydrogen) atoms. The Bertz CT molecular complexity index is 917. The molecule has 0 radical (unpaired) electrons. The van der Waals surface area contributed by atoms with E-state index in [4.69, 9.17) is 0 Å². The summed E-state index contributed by atoms with van der Waals surface area (Å²) in [4.78, 5) is 18.8. The van der Waals surface area contributed by atoms with E-state index >= 15 is 0 Å². The molecule has 1 aromatic heterocycles. The fraction of sp³-hybridized carbons (Fsp3) is 0.320. The van der Waals surface area contributed by atoms with Crippen LogP contribution in [0.2, 0.25) is 0 Å². The van der Waals surface area contributed by atoms with Gasteiger partial charge in [-0.15, -0.1) is 11.3 Å². The van der Waals surface area contributed by atoms with Gasteiger partial charge in [-0.1, -0.05) is 60.7 Å². The molecule has 5 heteroatoms. The molecule has 1 atom stereocenters. The quantitative estimate of drug-likeness (QED) is 0.627. The van der Waals surface area contributed by atoms with E-state index in [2.05, 4.69) is 76.1 Å². The van der Waals surface area contributed by atoms with Crippen LogP contribution in [0, 0.1) is 0 Å². The van der Waals surface area contributed by atoms with Crippen molar-refractivity contribution in [1.82, 2.24) is 15.1 Å². The minimum atomic E-state index is 0.0816. The van der Waals surface area contributed by atoms with Gasteiger partial charge in [-0.25, -0.2) is 0 Å². The number of carbonyl (C=O) groups excluding carboxylic acids is 1. The van der Waals surface area contributed by atoms with Crippen LogP contribution >= 0.6 is 11.3 Å². The molecule has 1 N–H and O–H groups in total. The first kappa shape index (κ1) is 20.8. The van der Waals surface area contributed by atoms with Gasteiger partial charge < -0.3 is 10.2 Å². The highest BCUT2D eigenvalue weighted by atomic mass is 32.1. The van der Waals surface area contributed by atoms with E-state index in [1.165, 1.54) is 16.0 Å². The summed E-state index contributed by atoms with van der Waals surface area (Å²) in [5.41, 5.74) is 3.41. The summed E-state index contributed by atoms with van der Waals surface area (Å²) in [6, 6.07) is 23.1. The number of carbonyl (C=O) groups is 1. The summed E-state index contributed by atoms with van der Waals surface area (Å²) < 4.78 is 0. The van der Waals surface area contributed by atoms with E-state index in [0.717, 1.165) is 31.7 Å². The van der Waals surface area contributed by atoms with Gasteiger partial charge in [-0.3, -0.25) is 9.69 Å². The monoisotopic (exact) mass is 419 g/mol. The van der Waals surface area contributed by atoms with Gasteiger partial charge in [0.2, 0.25) is 5.91 Å². The number of hydrogen-bond donors (Lipinski definition) is 1. The first-order valence-electron chi connectivity index (χ1n) is 10.6. The maximum absolute atomic E-state index is 12.6. The number of likely N-dealkylation sites (N-methyl/N-ethyl adjacent to an activating group) is 1. The van der Waals surface area contributed by atoms with Crippen LogP contribution in [-0.4, -0.2) is 55.5 Å². The zero-order valence-electron chi connectivity index (χ0n) is 17.5. The lowest BCUT2D eigenvalue weighted by molar-refractivity contribution is -0.120. The van der Waals surface area contributed by atoms with Crippen molar-refractivity contribution in [3.63, 3.8) is 0 Å². The van der Waals surface area contributed by atoms with Crippen molar-refractivity contribution in [2.75, 3.05) is 39.8 Å². The van der Waals surface area contributed by atoms with Crippen LogP contribution in [0.15, 0.2) is 72.1 Å². The van der Waals surface area contributed by atoms with Crippen LogP contribution in [0.5, 0.6) is 0 Å². The Hall–Kier alpha value is -2.47. The third kappa shape index (κ3) is 5.36. The van der Waals surface area contributed by atoms with Crippen LogP contribution in [0.4, 0.5) is 0 Å². The predicted molar refractivity (Wildman–Crippen MR) is 125 cm³/mol. The average Bonchev–Trinajstić information content (AvgIpc) is 3.31. The summed E-state index contributed by atoms with van der Waals surface area (Å²) in [5, 5.41) is 5.31. The second-order valence-electron chi connectivity index (χ2n) is 7.91. The fourth-order valence-electron chi connectivity index (χ4n) is 3.93. The molecule has 0 saturated carbocycles. The molecule has 1 fully saturated rings. The topological polar surface area (TPSA) is 35.6 Å². The number of nitrogens with zero attached hydrogens (tertiary/aromatic N) is 2. The molecular formula is C25H29N3OS. The molecule has 1 saturated heterocycles. The average molecular weight is 420 g/mol. The van der Waals surface area contributed by atoms with E-state index in [1.807, 2.05) is 18.2 Å². The Labute approximate surface area is 183 Å². The normalized spacial score (nSPS) is 16.3. The van der Waals surface area contributed by atoms with Crippen molar-refractivity contribution in [3.05, 3.63) is 82.6 Å². The summed E-state index contributed by atoms with van der Waals surface area (Å²) in [7, 11) is 2.17. The van der Waals surface area contributed by atoms with Crippen molar-refractivity contribution in [2.24, 2.45) is 0 Å². The van der Waals surface area contributed by atoms with Gasteiger partial charge in [-0.2, -0.15) is 0 Å². The molecule has 4 nitrogen and oxygen atoms in total. The Balaban J connectivity index is 1.34. The van der Waals surface area contributed by atoms with E-state index in [0.29, 0.717) is 13.0 Å². The van der Waals surface area contributed by atoms with E-state index in [1.54, 1.807) is 11.3 Å². The third-order valence-electron chi connectivity index (χ3n) is 5.77. The van der Waals surface area contributed by atoms with Gasteiger partial charge in [0, 0.05) is 37.6 Å². The van der Waals surface area contributed by atoms with Crippen molar-refractivity contribution in [1.29, 1.82) is 0 Å². The van der Waals surface area contributed by atoms with Gasteiger partial charge in [0.15, 0.2) is 0 Å². The van der Waals surface area contributed by atoms with Crippen LogP contribution in [0.3, 0.4) is 0 Å². The molecule has 1 aliphatic rings. The van der Waals surface area contributed by atoms with E-state index in [-0.39, 0.29) is 11.9 Å². The lowest BCUT2D eigenvalue weighted by Crippen LogP contribution is -2.48. The molecule has 4 rings (SSSR count). The van der Waals surface area contributed by atoms with Gasteiger partial charge in [0.25, 0.3) is 0 Å². The summed E-state index contributed by atoms with van der Waals surface area (Å²) in [6.07, 6.45) is 0.412. The molecule has 0 bridgehead atoms. The minimum Gasteiger partial charge on any atom is -0.354 e. The van der Waals surface area contributed by atoms with Crippen LogP contribution in [-0.2, 0) is 11.2 Å². The van der Waals surface area contributed by atoms with Crippen molar-refractivity contribution >= 4 is 17.2 Å². The smallest absolute Gasteiger partial charge is 0.224 e. The summed E-state index contributed by atoms with van der Waals surface area (Å²) >= 11 is 1.77. The first-order chi connectivity index (χ1) is 14.7. The maximum Gasteiger partial charge on any atom is 0.224 e. The van der Waals surface area contributed by atoms with E-state index < -0.39 is 0 Å². The molecule has 1 unspecified atom stereocenters. The number of nitrogens with one attached hydrogen (secondary N) is 1. The Morgan fingerprint density at radius 1 is 0.933 bits per heavy atom. The van der Waals surface area contributed by atoms with Gasteiger partial charge in [-0.05, 0) is 35.2 Å². The predicted octanol–water partition coefficient (Wildman–Crippen LogP) is 4.06. The Kier molecular flexibility index (Phi) is 6.95. The van der Waals surface area contributed by atoms with Crippen molar-refractivity contribution in [2.45, 2.75) is 12.5 Å². The molecule has 2 heterocycles. The zero-order chi connectivity index (χ0) is 20.8. The highest BCUT2D eigenvalue weighted by Crippen LogP contribution is 2.25. The summed E-state index contributed by atoms with van der Waals surface area (Å²) in [6.45, 7) is 4.88. The van der Waals surface area contributed by atoms with Crippen LogP contribution in [0.25, 0.3) is 11.1 Å². The number of amides is 1. The zero-order valence-corrected chi connectivity index (χ0v) is 18.3. The number of rotatable bonds is 7. The lowest BCUT2D eigenvalue weighted by Gasteiger charge is -2.37. The number of benzene rings is 2. The first-order valence-corrected chi connectivity index (χ1v) is 11.4. The van der Waals surface area contributed by atoms with Crippen LogP contribution in [0.1, 0.15) is 16.5 Å². The van der Waals surface area contributed by atoms with Crippen molar-refractivity contribution in [3.8, 4) is 11.1 Å². The van der Waals surface area contributed by atoms with Crippen LogP contribution < -0.4 is 5.32 Å². The SMILES string of the molecule is CN1CCN(C(CNC(=O)Cc2ccc(-c3ccccc3)cc2)c2cccs2)CC1.